The Hall–Kier alpha value is -2.11. The van der Waals surface area contributed by atoms with Crippen molar-refractivity contribution in [2.24, 2.45) is 5.92 Å². The summed E-state index contributed by atoms with van der Waals surface area (Å²) in [6.07, 6.45) is 3.66. The van der Waals surface area contributed by atoms with Gasteiger partial charge in [0.2, 0.25) is 0 Å². The van der Waals surface area contributed by atoms with Gasteiger partial charge in [-0.1, -0.05) is 0 Å². The molecule has 0 amide bonds. The summed E-state index contributed by atoms with van der Waals surface area (Å²) in [5, 5.41) is 8.78. The van der Waals surface area contributed by atoms with Crippen molar-refractivity contribution >= 4 is 11.9 Å². The molecule has 1 N–H and O–H groups in total. The van der Waals surface area contributed by atoms with Crippen LogP contribution in [0.4, 0.5) is 4.39 Å². The van der Waals surface area contributed by atoms with E-state index in [1.807, 2.05) is 0 Å². The minimum atomic E-state index is -1.30. The molecule has 0 aromatic heterocycles. The third-order valence-electron chi connectivity index (χ3n) is 3.95. The summed E-state index contributed by atoms with van der Waals surface area (Å²) >= 11 is 0. The van der Waals surface area contributed by atoms with Crippen molar-refractivity contribution in [1.29, 1.82) is 0 Å². The maximum absolute atomic E-state index is 13.6. The number of methoxy groups -OCH3 is 1. The average Bonchev–Trinajstić information content (AvgIpc) is 2.49. The van der Waals surface area contributed by atoms with Crippen LogP contribution in [0.5, 0.6) is 5.75 Å². The molecular weight excluding hydrogens is 291 g/mol. The van der Waals surface area contributed by atoms with Gasteiger partial charge in [0.05, 0.1) is 18.8 Å². The van der Waals surface area contributed by atoms with E-state index < -0.39 is 11.8 Å². The van der Waals surface area contributed by atoms with Crippen LogP contribution in [0.15, 0.2) is 18.2 Å². The number of carbonyl (C=O) groups is 2. The fourth-order valence-corrected chi connectivity index (χ4v) is 2.71. The number of hydrogen-bond donors (Lipinski definition) is 1. The van der Waals surface area contributed by atoms with Crippen molar-refractivity contribution < 1.29 is 28.6 Å². The zero-order valence-electron chi connectivity index (χ0n) is 12.4. The smallest absolute Gasteiger partial charge is 0.338 e. The summed E-state index contributed by atoms with van der Waals surface area (Å²) in [5.41, 5.74) is -0.367. The molecule has 5 nitrogen and oxygen atoms in total. The van der Waals surface area contributed by atoms with Crippen LogP contribution in [-0.4, -0.2) is 30.3 Å². The van der Waals surface area contributed by atoms with Crippen LogP contribution in [0.1, 0.15) is 42.5 Å². The first kappa shape index (κ1) is 16.3. The highest BCUT2D eigenvalue weighted by molar-refractivity contribution is 5.88. The molecule has 0 heterocycles. The zero-order valence-corrected chi connectivity index (χ0v) is 12.4. The lowest BCUT2D eigenvalue weighted by atomic mass is 9.85. The molecule has 1 aromatic carbocycles. The topological polar surface area (TPSA) is 72.8 Å². The molecule has 1 fully saturated rings. The van der Waals surface area contributed by atoms with E-state index in [1.54, 1.807) is 0 Å². The minimum Gasteiger partial charge on any atom is -0.490 e. The number of rotatable bonds is 5. The molecule has 0 saturated heterocycles. The van der Waals surface area contributed by atoms with Crippen LogP contribution in [0.2, 0.25) is 0 Å². The van der Waals surface area contributed by atoms with E-state index in [9.17, 15) is 14.0 Å². The molecule has 2 rings (SSSR count). The molecule has 1 aliphatic rings. The van der Waals surface area contributed by atoms with E-state index in [0.717, 1.165) is 31.7 Å². The highest BCUT2D eigenvalue weighted by Gasteiger charge is 2.24. The molecule has 6 heteroatoms. The Bertz CT molecular complexity index is 549. The number of halogens is 1. The predicted molar refractivity (Wildman–Crippen MR) is 76.4 cm³/mol. The Morgan fingerprint density at radius 2 is 1.95 bits per heavy atom. The van der Waals surface area contributed by atoms with E-state index in [2.05, 4.69) is 4.74 Å². The van der Waals surface area contributed by atoms with Gasteiger partial charge in [0.1, 0.15) is 11.6 Å². The molecule has 0 spiro atoms. The van der Waals surface area contributed by atoms with Crippen molar-refractivity contribution in [3.05, 3.63) is 29.6 Å². The molecule has 0 radical (unpaired) electrons. The van der Waals surface area contributed by atoms with E-state index in [4.69, 9.17) is 9.84 Å². The number of carboxylic acid groups (broad SMARTS) is 1. The Balaban J connectivity index is 1.87. The van der Waals surface area contributed by atoms with Crippen LogP contribution in [-0.2, 0) is 9.53 Å². The normalized spacial score (nSPS) is 21.2. The highest BCUT2D eigenvalue weighted by Crippen LogP contribution is 2.30. The summed E-state index contributed by atoms with van der Waals surface area (Å²) in [7, 11) is 1.38. The second-order valence-corrected chi connectivity index (χ2v) is 5.49. The number of esters is 1. The molecule has 0 unspecified atom stereocenters. The highest BCUT2D eigenvalue weighted by atomic mass is 19.1. The number of carboxylic acids is 1. The Morgan fingerprint density at radius 3 is 2.50 bits per heavy atom. The zero-order chi connectivity index (χ0) is 16.1. The Morgan fingerprint density at radius 1 is 1.27 bits per heavy atom. The number of ether oxygens (including phenoxy) is 2. The lowest BCUT2D eigenvalue weighted by molar-refractivity contribution is -0.142. The van der Waals surface area contributed by atoms with Crippen molar-refractivity contribution in [3.63, 3.8) is 0 Å². The van der Waals surface area contributed by atoms with Gasteiger partial charge < -0.3 is 14.6 Å². The number of carbonyl (C=O) groups excluding carboxylic acids is 1. The molecular formula is C16H19FO5. The van der Waals surface area contributed by atoms with Crippen molar-refractivity contribution in [1.82, 2.24) is 0 Å². The quantitative estimate of drug-likeness (QED) is 0.846. The maximum atomic E-state index is 13.6. The second-order valence-electron chi connectivity index (χ2n) is 5.49. The third kappa shape index (κ3) is 4.19. The van der Waals surface area contributed by atoms with Crippen LogP contribution in [0.25, 0.3) is 0 Å². The summed E-state index contributed by atoms with van der Waals surface area (Å²) in [4.78, 5) is 22.0. The van der Waals surface area contributed by atoms with E-state index >= 15 is 0 Å². The minimum absolute atomic E-state index is 0.0380. The molecule has 1 saturated carbocycles. The third-order valence-corrected chi connectivity index (χ3v) is 3.95. The summed E-state index contributed by atoms with van der Waals surface area (Å²) in [6, 6.07) is 3.77. The van der Waals surface area contributed by atoms with E-state index in [-0.39, 0.29) is 17.6 Å². The first-order valence-electron chi connectivity index (χ1n) is 7.26. The van der Waals surface area contributed by atoms with E-state index in [1.165, 1.54) is 19.2 Å². The first-order valence-corrected chi connectivity index (χ1v) is 7.26. The molecule has 0 atom stereocenters. The Labute approximate surface area is 128 Å². The predicted octanol–water partition coefficient (Wildman–Crippen LogP) is 3.02. The van der Waals surface area contributed by atoms with Gasteiger partial charge >= 0.3 is 11.9 Å². The molecule has 120 valence electrons. The van der Waals surface area contributed by atoms with E-state index in [0.29, 0.717) is 18.1 Å². The molecule has 0 aliphatic heterocycles. The van der Waals surface area contributed by atoms with Crippen LogP contribution < -0.4 is 4.74 Å². The molecule has 22 heavy (non-hydrogen) atoms. The summed E-state index contributed by atoms with van der Waals surface area (Å²) in [5.74, 6) is -1.66. The lowest BCUT2D eigenvalue weighted by Gasteiger charge is -2.28. The summed E-state index contributed by atoms with van der Waals surface area (Å²) < 4.78 is 23.9. The lowest BCUT2D eigenvalue weighted by Crippen LogP contribution is -2.25. The van der Waals surface area contributed by atoms with Gasteiger partial charge in [0, 0.05) is 12.5 Å². The van der Waals surface area contributed by atoms with Crippen molar-refractivity contribution in [2.75, 3.05) is 7.11 Å². The molecule has 1 aliphatic carbocycles. The first-order chi connectivity index (χ1) is 10.5. The molecule has 0 bridgehead atoms. The number of benzene rings is 1. The van der Waals surface area contributed by atoms with Gasteiger partial charge in [-0.05, 0) is 43.7 Å². The van der Waals surface area contributed by atoms with Gasteiger partial charge in [-0.15, -0.1) is 0 Å². The van der Waals surface area contributed by atoms with Gasteiger partial charge in [-0.2, -0.15) is 0 Å². The maximum Gasteiger partial charge on any atom is 0.338 e. The van der Waals surface area contributed by atoms with Crippen LogP contribution in [0.3, 0.4) is 0 Å². The number of aromatic carboxylic acids is 1. The monoisotopic (exact) mass is 310 g/mol. The average molecular weight is 310 g/mol. The SMILES string of the molecule is COC(=O)C[C@H]1CC[C@@H](Oc2ccc(C(=O)O)c(F)c2)CC1. The fourth-order valence-electron chi connectivity index (χ4n) is 2.71. The van der Waals surface area contributed by atoms with Gasteiger partial charge in [0.15, 0.2) is 0 Å². The standard InChI is InChI=1S/C16H19FO5/c1-21-15(18)8-10-2-4-11(5-3-10)22-12-6-7-13(16(19)20)14(17)9-12/h6-7,9-11H,2-5,8H2,1H3,(H,19,20)/t10-,11+. The summed E-state index contributed by atoms with van der Waals surface area (Å²) in [6.45, 7) is 0. The van der Waals surface area contributed by atoms with Crippen LogP contribution >= 0.6 is 0 Å². The largest absolute Gasteiger partial charge is 0.490 e. The molecule has 1 aromatic rings. The second kappa shape index (κ2) is 7.24. The Kier molecular flexibility index (Phi) is 5.35. The van der Waals surface area contributed by atoms with Crippen LogP contribution in [0, 0.1) is 11.7 Å². The fraction of sp³-hybridized carbons (Fsp3) is 0.500. The van der Waals surface area contributed by atoms with Gasteiger partial charge in [0.25, 0.3) is 0 Å². The van der Waals surface area contributed by atoms with Gasteiger partial charge in [-0.3, -0.25) is 4.79 Å². The van der Waals surface area contributed by atoms with Crippen molar-refractivity contribution in [2.45, 2.75) is 38.2 Å². The van der Waals surface area contributed by atoms with Gasteiger partial charge in [-0.25, -0.2) is 9.18 Å². The van der Waals surface area contributed by atoms with Crippen molar-refractivity contribution in [3.8, 4) is 5.75 Å². The number of hydrogen-bond acceptors (Lipinski definition) is 4.